The lowest BCUT2D eigenvalue weighted by molar-refractivity contribution is -0.122. The van der Waals surface area contributed by atoms with Crippen molar-refractivity contribution in [1.82, 2.24) is 15.5 Å². The second-order valence-corrected chi connectivity index (χ2v) is 7.01. The van der Waals surface area contributed by atoms with E-state index < -0.39 is 0 Å². The zero-order valence-corrected chi connectivity index (χ0v) is 14.4. The van der Waals surface area contributed by atoms with E-state index in [4.69, 9.17) is 9.15 Å². The maximum atomic E-state index is 11.7. The minimum absolute atomic E-state index is 0.0112. The summed E-state index contributed by atoms with van der Waals surface area (Å²) < 4.78 is 11.0. The first-order valence-electron chi connectivity index (χ1n) is 7.36. The standard InChI is InChI=1S/C16H21N3O3S/c1-16(2,3)17-13(20)9-10-23-15-19-18-14(22-15)11-21-12-7-5-4-6-8-12/h4-8H,9-11H2,1-3H3,(H,17,20). The fourth-order valence-electron chi connectivity index (χ4n) is 1.73. The van der Waals surface area contributed by atoms with Crippen LogP contribution in [0.15, 0.2) is 40.0 Å². The van der Waals surface area contributed by atoms with E-state index in [0.717, 1.165) is 5.75 Å². The van der Waals surface area contributed by atoms with Crippen molar-refractivity contribution < 1.29 is 13.9 Å². The molecule has 0 aliphatic heterocycles. The van der Waals surface area contributed by atoms with Gasteiger partial charge in [-0.3, -0.25) is 4.79 Å². The molecule has 0 aliphatic carbocycles. The summed E-state index contributed by atoms with van der Waals surface area (Å²) >= 11 is 1.36. The number of carbonyl (C=O) groups excluding carboxylic acids is 1. The number of carbonyl (C=O) groups is 1. The Hall–Kier alpha value is -2.02. The molecule has 1 aromatic carbocycles. The molecule has 124 valence electrons. The molecule has 0 radical (unpaired) electrons. The molecule has 0 fully saturated rings. The number of thioether (sulfide) groups is 1. The maximum Gasteiger partial charge on any atom is 0.276 e. The summed E-state index contributed by atoms with van der Waals surface area (Å²) in [6.07, 6.45) is 0.403. The van der Waals surface area contributed by atoms with Gasteiger partial charge in [0.2, 0.25) is 5.91 Å². The zero-order valence-electron chi connectivity index (χ0n) is 13.5. The van der Waals surface area contributed by atoms with E-state index in [1.165, 1.54) is 11.8 Å². The highest BCUT2D eigenvalue weighted by Gasteiger charge is 2.14. The molecular weight excluding hydrogens is 314 g/mol. The molecule has 0 unspecified atom stereocenters. The first kappa shape index (κ1) is 17.3. The predicted molar refractivity (Wildman–Crippen MR) is 88.3 cm³/mol. The van der Waals surface area contributed by atoms with Crippen molar-refractivity contribution in [2.45, 2.75) is 44.6 Å². The Morgan fingerprint density at radius 1 is 1.26 bits per heavy atom. The normalized spacial score (nSPS) is 11.3. The van der Waals surface area contributed by atoms with Crippen LogP contribution in [0.25, 0.3) is 0 Å². The lowest BCUT2D eigenvalue weighted by Gasteiger charge is -2.20. The topological polar surface area (TPSA) is 77.2 Å². The molecule has 1 heterocycles. The van der Waals surface area contributed by atoms with Crippen molar-refractivity contribution in [3.63, 3.8) is 0 Å². The van der Waals surface area contributed by atoms with Crippen molar-refractivity contribution in [3.8, 4) is 5.75 Å². The van der Waals surface area contributed by atoms with Gasteiger partial charge in [0.05, 0.1) is 0 Å². The fourth-order valence-corrected chi connectivity index (χ4v) is 2.44. The Balaban J connectivity index is 1.71. The van der Waals surface area contributed by atoms with Crippen LogP contribution in [0.4, 0.5) is 0 Å². The summed E-state index contributed by atoms with van der Waals surface area (Å²) in [6.45, 7) is 6.08. The van der Waals surface area contributed by atoms with Crippen molar-refractivity contribution in [1.29, 1.82) is 0 Å². The van der Waals surface area contributed by atoms with Gasteiger partial charge in [0.1, 0.15) is 5.75 Å². The number of ether oxygens (including phenoxy) is 1. The molecule has 23 heavy (non-hydrogen) atoms. The minimum atomic E-state index is -0.214. The highest BCUT2D eigenvalue weighted by atomic mass is 32.2. The van der Waals surface area contributed by atoms with Crippen LogP contribution >= 0.6 is 11.8 Å². The summed E-state index contributed by atoms with van der Waals surface area (Å²) in [7, 11) is 0. The molecule has 0 spiro atoms. The second-order valence-electron chi connectivity index (χ2n) is 5.96. The predicted octanol–water partition coefficient (Wildman–Crippen LogP) is 3.05. The Bertz CT molecular complexity index is 623. The molecule has 6 nitrogen and oxygen atoms in total. The van der Waals surface area contributed by atoms with E-state index >= 15 is 0 Å². The van der Waals surface area contributed by atoms with Crippen LogP contribution in [0, 0.1) is 0 Å². The highest BCUT2D eigenvalue weighted by molar-refractivity contribution is 7.99. The summed E-state index contributed by atoms with van der Waals surface area (Å²) in [5, 5.41) is 11.2. The van der Waals surface area contributed by atoms with Gasteiger partial charge in [0.15, 0.2) is 6.61 Å². The fraction of sp³-hybridized carbons (Fsp3) is 0.438. The van der Waals surface area contributed by atoms with Gasteiger partial charge in [-0.05, 0) is 32.9 Å². The minimum Gasteiger partial charge on any atom is -0.484 e. The highest BCUT2D eigenvalue weighted by Crippen LogP contribution is 2.18. The van der Waals surface area contributed by atoms with Crippen LogP contribution in [-0.4, -0.2) is 27.4 Å². The molecule has 1 aromatic heterocycles. The van der Waals surface area contributed by atoms with Crippen LogP contribution in [0.5, 0.6) is 5.75 Å². The number of nitrogens with one attached hydrogen (secondary N) is 1. The summed E-state index contributed by atoms with van der Waals surface area (Å²) in [5.41, 5.74) is -0.214. The third-order valence-electron chi connectivity index (χ3n) is 2.62. The first-order chi connectivity index (χ1) is 10.9. The molecule has 0 saturated carbocycles. The molecule has 1 N–H and O–H groups in total. The van der Waals surface area contributed by atoms with Crippen molar-refractivity contribution in [3.05, 3.63) is 36.2 Å². The SMILES string of the molecule is CC(C)(C)NC(=O)CCSc1nnc(COc2ccccc2)o1. The average Bonchev–Trinajstić information content (AvgIpc) is 2.92. The van der Waals surface area contributed by atoms with Crippen LogP contribution in [-0.2, 0) is 11.4 Å². The average molecular weight is 335 g/mol. The van der Waals surface area contributed by atoms with Crippen molar-refractivity contribution in [2.24, 2.45) is 0 Å². The molecule has 7 heteroatoms. The summed E-state index contributed by atoms with van der Waals surface area (Å²) in [5.74, 6) is 1.76. The number of aromatic nitrogens is 2. The molecule has 0 bridgehead atoms. The van der Waals surface area contributed by atoms with Gasteiger partial charge in [-0.1, -0.05) is 30.0 Å². The molecule has 0 aliphatic rings. The van der Waals surface area contributed by atoms with E-state index in [1.54, 1.807) is 0 Å². The second kappa shape index (κ2) is 8.01. The van der Waals surface area contributed by atoms with E-state index in [0.29, 0.717) is 23.3 Å². The van der Waals surface area contributed by atoms with Gasteiger partial charge in [-0.15, -0.1) is 10.2 Å². The Morgan fingerprint density at radius 2 is 2.00 bits per heavy atom. The number of nitrogens with zero attached hydrogens (tertiary/aromatic N) is 2. The van der Waals surface area contributed by atoms with Crippen LogP contribution in [0.2, 0.25) is 0 Å². The van der Waals surface area contributed by atoms with Crippen LogP contribution in [0.1, 0.15) is 33.1 Å². The van der Waals surface area contributed by atoms with Gasteiger partial charge in [0, 0.05) is 17.7 Å². The van der Waals surface area contributed by atoms with Crippen molar-refractivity contribution in [2.75, 3.05) is 5.75 Å². The third-order valence-corrected chi connectivity index (χ3v) is 3.44. The number of amides is 1. The third kappa shape index (κ3) is 6.73. The molecular formula is C16H21N3O3S. The molecule has 0 atom stereocenters. The van der Waals surface area contributed by atoms with Gasteiger partial charge in [0.25, 0.3) is 11.1 Å². The van der Waals surface area contributed by atoms with E-state index in [2.05, 4.69) is 15.5 Å². The smallest absolute Gasteiger partial charge is 0.276 e. The van der Waals surface area contributed by atoms with Gasteiger partial charge in [-0.2, -0.15) is 0 Å². The lowest BCUT2D eigenvalue weighted by Crippen LogP contribution is -2.40. The van der Waals surface area contributed by atoms with E-state index in [1.807, 2.05) is 51.1 Å². The lowest BCUT2D eigenvalue weighted by atomic mass is 10.1. The molecule has 1 amide bonds. The Morgan fingerprint density at radius 3 is 2.70 bits per heavy atom. The monoisotopic (exact) mass is 335 g/mol. The van der Waals surface area contributed by atoms with Crippen LogP contribution < -0.4 is 10.1 Å². The first-order valence-corrected chi connectivity index (χ1v) is 8.35. The van der Waals surface area contributed by atoms with E-state index in [-0.39, 0.29) is 18.1 Å². The summed E-state index contributed by atoms with van der Waals surface area (Å²) in [4.78, 5) is 11.7. The number of hydrogen-bond acceptors (Lipinski definition) is 6. The van der Waals surface area contributed by atoms with E-state index in [9.17, 15) is 4.79 Å². The molecule has 0 saturated heterocycles. The summed E-state index contributed by atoms with van der Waals surface area (Å²) in [6, 6.07) is 9.43. The molecule has 2 rings (SSSR count). The number of hydrogen-bond donors (Lipinski definition) is 1. The van der Waals surface area contributed by atoms with Gasteiger partial charge >= 0.3 is 0 Å². The van der Waals surface area contributed by atoms with Gasteiger partial charge in [-0.25, -0.2) is 0 Å². The maximum absolute atomic E-state index is 11.7. The zero-order chi connectivity index (χ0) is 16.7. The van der Waals surface area contributed by atoms with Gasteiger partial charge < -0.3 is 14.5 Å². The van der Waals surface area contributed by atoms with Crippen molar-refractivity contribution >= 4 is 17.7 Å². The van der Waals surface area contributed by atoms with Crippen LogP contribution in [0.3, 0.4) is 0 Å². The quantitative estimate of drug-likeness (QED) is 0.784. The largest absolute Gasteiger partial charge is 0.484 e. The molecule has 2 aromatic rings. The Labute approximate surface area is 140 Å². The number of para-hydroxylation sites is 1. The Kier molecular flexibility index (Phi) is 6.04. The number of rotatable bonds is 7. The number of benzene rings is 1.